The second kappa shape index (κ2) is 9.03. The first-order valence-corrected chi connectivity index (χ1v) is 10.9. The monoisotopic (exact) mass is 399 g/mol. The number of amides is 1. The first-order chi connectivity index (χ1) is 14.2. The predicted octanol–water partition coefficient (Wildman–Crippen LogP) is 1.19. The van der Waals surface area contributed by atoms with E-state index in [0.29, 0.717) is 0 Å². The van der Waals surface area contributed by atoms with Crippen molar-refractivity contribution in [2.24, 2.45) is 4.99 Å². The molecule has 4 rings (SSSR count). The number of nitrogens with zero attached hydrogens (tertiary/aromatic N) is 4. The number of benzene rings is 1. The molecule has 2 unspecified atom stereocenters. The van der Waals surface area contributed by atoms with Crippen molar-refractivity contribution >= 4 is 11.9 Å². The van der Waals surface area contributed by atoms with Gasteiger partial charge in [-0.05, 0) is 31.4 Å². The number of hydrogen-bond donors (Lipinski definition) is 1. The first-order valence-electron chi connectivity index (χ1n) is 10.9. The highest BCUT2D eigenvalue weighted by atomic mass is 16.5. The number of carbonyl (C=O) groups excluding carboxylic acids is 1. The summed E-state index contributed by atoms with van der Waals surface area (Å²) < 4.78 is 6.03. The number of aliphatic imine (C=N–C) groups is 1. The van der Waals surface area contributed by atoms with Crippen molar-refractivity contribution in [1.82, 2.24) is 20.0 Å². The van der Waals surface area contributed by atoms with Gasteiger partial charge < -0.3 is 19.9 Å². The van der Waals surface area contributed by atoms with E-state index in [1.807, 2.05) is 24.1 Å². The lowest BCUT2D eigenvalue weighted by molar-refractivity contribution is -0.135. The van der Waals surface area contributed by atoms with Gasteiger partial charge in [-0.1, -0.05) is 18.2 Å². The first kappa shape index (κ1) is 20.0. The Bertz CT molecular complexity index is 713. The number of rotatable bonds is 4. The lowest BCUT2D eigenvalue weighted by Gasteiger charge is -2.39. The number of para-hydroxylation sites is 1. The van der Waals surface area contributed by atoms with Crippen molar-refractivity contribution in [2.75, 3.05) is 52.9 Å². The van der Waals surface area contributed by atoms with Crippen LogP contribution in [0.1, 0.15) is 25.3 Å². The van der Waals surface area contributed by atoms with Crippen LogP contribution in [-0.2, 0) is 11.2 Å². The number of ether oxygens (including phenoxy) is 1. The SMILES string of the molecule is CN=C(NCC1Cc2ccccc2O1)N1CCN(C(C)C(=O)N2CCCC2)CC1. The Labute approximate surface area is 173 Å². The highest BCUT2D eigenvalue weighted by Gasteiger charge is 2.31. The lowest BCUT2D eigenvalue weighted by atomic mass is 10.1. The Morgan fingerprint density at radius 3 is 2.55 bits per heavy atom. The maximum atomic E-state index is 12.7. The van der Waals surface area contributed by atoms with Crippen LogP contribution in [0, 0.1) is 0 Å². The van der Waals surface area contributed by atoms with E-state index >= 15 is 0 Å². The molecule has 0 bridgehead atoms. The minimum absolute atomic E-state index is 0.0318. The molecule has 1 aromatic carbocycles. The molecule has 3 heterocycles. The number of fused-ring (bicyclic) bond motifs is 1. The topological polar surface area (TPSA) is 60.4 Å². The van der Waals surface area contributed by atoms with E-state index < -0.39 is 0 Å². The van der Waals surface area contributed by atoms with Gasteiger partial charge in [-0.15, -0.1) is 0 Å². The van der Waals surface area contributed by atoms with Crippen LogP contribution in [0.15, 0.2) is 29.3 Å². The normalized spacial score (nSPS) is 23.7. The molecule has 7 nitrogen and oxygen atoms in total. The quantitative estimate of drug-likeness (QED) is 0.609. The summed E-state index contributed by atoms with van der Waals surface area (Å²) in [6, 6.07) is 8.21. The molecule has 0 aromatic heterocycles. The summed E-state index contributed by atoms with van der Waals surface area (Å²) in [6.45, 7) is 8.16. The molecule has 2 atom stereocenters. The number of likely N-dealkylation sites (tertiary alicyclic amines) is 1. The fraction of sp³-hybridized carbons (Fsp3) is 0.636. The predicted molar refractivity (Wildman–Crippen MR) is 114 cm³/mol. The Hall–Kier alpha value is -2.28. The summed E-state index contributed by atoms with van der Waals surface area (Å²) in [6.07, 6.45) is 3.36. The van der Waals surface area contributed by atoms with Crippen molar-refractivity contribution in [3.8, 4) is 5.75 Å². The highest BCUT2D eigenvalue weighted by molar-refractivity contribution is 5.82. The Kier molecular flexibility index (Phi) is 6.23. The molecule has 1 aromatic rings. The average molecular weight is 400 g/mol. The molecule has 0 aliphatic carbocycles. The third-order valence-corrected chi connectivity index (χ3v) is 6.35. The van der Waals surface area contributed by atoms with E-state index in [4.69, 9.17) is 4.74 Å². The highest BCUT2D eigenvalue weighted by Crippen LogP contribution is 2.27. The molecular formula is C22H33N5O2. The molecule has 1 N–H and O–H groups in total. The Balaban J connectivity index is 1.23. The van der Waals surface area contributed by atoms with Gasteiger partial charge in [0, 0.05) is 52.7 Å². The fourth-order valence-electron chi connectivity index (χ4n) is 4.58. The van der Waals surface area contributed by atoms with Crippen LogP contribution in [0.3, 0.4) is 0 Å². The minimum Gasteiger partial charge on any atom is -0.488 e. The zero-order valence-electron chi connectivity index (χ0n) is 17.6. The van der Waals surface area contributed by atoms with Gasteiger partial charge in [-0.25, -0.2) is 0 Å². The van der Waals surface area contributed by atoms with Gasteiger partial charge >= 0.3 is 0 Å². The van der Waals surface area contributed by atoms with Crippen LogP contribution in [0.25, 0.3) is 0 Å². The molecule has 2 saturated heterocycles. The summed E-state index contributed by atoms with van der Waals surface area (Å²) >= 11 is 0. The molecule has 29 heavy (non-hydrogen) atoms. The van der Waals surface area contributed by atoms with Crippen LogP contribution in [-0.4, -0.2) is 91.6 Å². The fourth-order valence-corrected chi connectivity index (χ4v) is 4.58. The summed E-state index contributed by atoms with van der Waals surface area (Å²) in [5.74, 6) is 2.21. The van der Waals surface area contributed by atoms with Gasteiger partial charge in [-0.3, -0.25) is 14.7 Å². The molecule has 2 fully saturated rings. The van der Waals surface area contributed by atoms with Crippen molar-refractivity contribution in [3.63, 3.8) is 0 Å². The van der Waals surface area contributed by atoms with Crippen molar-refractivity contribution in [2.45, 2.75) is 38.3 Å². The van der Waals surface area contributed by atoms with Crippen molar-refractivity contribution in [3.05, 3.63) is 29.8 Å². The molecule has 7 heteroatoms. The number of hydrogen-bond acceptors (Lipinski definition) is 4. The molecule has 158 valence electrons. The molecule has 3 aliphatic heterocycles. The third-order valence-electron chi connectivity index (χ3n) is 6.35. The second-order valence-corrected chi connectivity index (χ2v) is 8.21. The molecular weight excluding hydrogens is 366 g/mol. The second-order valence-electron chi connectivity index (χ2n) is 8.21. The Morgan fingerprint density at radius 1 is 1.14 bits per heavy atom. The number of carbonyl (C=O) groups is 1. The molecule has 3 aliphatic rings. The number of piperazine rings is 1. The van der Waals surface area contributed by atoms with Gasteiger partial charge in [0.25, 0.3) is 0 Å². The number of nitrogens with one attached hydrogen (secondary N) is 1. The minimum atomic E-state index is -0.0318. The lowest BCUT2D eigenvalue weighted by Crippen LogP contribution is -2.57. The van der Waals surface area contributed by atoms with E-state index in [9.17, 15) is 4.79 Å². The molecule has 0 radical (unpaired) electrons. The summed E-state index contributed by atoms with van der Waals surface area (Å²) in [5.41, 5.74) is 1.28. The van der Waals surface area contributed by atoms with E-state index in [0.717, 1.165) is 76.8 Å². The zero-order valence-corrected chi connectivity index (χ0v) is 17.6. The van der Waals surface area contributed by atoms with Crippen molar-refractivity contribution < 1.29 is 9.53 Å². The smallest absolute Gasteiger partial charge is 0.239 e. The standard InChI is InChI=1S/C22H33N5O2/c1-17(21(28)26-9-5-6-10-26)25-11-13-27(14-12-25)22(23-2)24-16-19-15-18-7-3-4-8-20(18)29-19/h3-4,7-8,17,19H,5-6,9-16H2,1-2H3,(H,23,24). The average Bonchev–Trinajstić information content (AvgIpc) is 3.43. The number of guanidine groups is 1. The van der Waals surface area contributed by atoms with Crippen LogP contribution in [0.5, 0.6) is 5.75 Å². The van der Waals surface area contributed by atoms with E-state index in [1.165, 1.54) is 5.56 Å². The summed E-state index contributed by atoms with van der Waals surface area (Å²) in [7, 11) is 1.83. The maximum Gasteiger partial charge on any atom is 0.239 e. The summed E-state index contributed by atoms with van der Waals surface area (Å²) in [5, 5.41) is 3.48. The van der Waals surface area contributed by atoms with Crippen LogP contribution < -0.4 is 10.1 Å². The van der Waals surface area contributed by atoms with Crippen LogP contribution >= 0.6 is 0 Å². The van der Waals surface area contributed by atoms with E-state index in [-0.39, 0.29) is 18.1 Å². The third kappa shape index (κ3) is 4.50. The molecule has 0 saturated carbocycles. The van der Waals surface area contributed by atoms with Crippen molar-refractivity contribution in [1.29, 1.82) is 0 Å². The van der Waals surface area contributed by atoms with Gasteiger partial charge in [0.2, 0.25) is 5.91 Å². The Morgan fingerprint density at radius 2 is 1.86 bits per heavy atom. The van der Waals surface area contributed by atoms with Gasteiger partial charge in [0.05, 0.1) is 12.6 Å². The summed E-state index contributed by atoms with van der Waals surface area (Å²) in [4.78, 5) is 23.8. The van der Waals surface area contributed by atoms with Gasteiger partial charge in [0.1, 0.15) is 11.9 Å². The van der Waals surface area contributed by atoms with Gasteiger partial charge in [0.15, 0.2) is 5.96 Å². The van der Waals surface area contributed by atoms with Crippen LogP contribution in [0.4, 0.5) is 0 Å². The zero-order chi connectivity index (χ0) is 20.2. The molecule has 0 spiro atoms. The van der Waals surface area contributed by atoms with E-state index in [1.54, 1.807) is 0 Å². The van der Waals surface area contributed by atoms with Crippen LogP contribution in [0.2, 0.25) is 0 Å². The van der Waals surface area contributed by atoms with Gasteiger partial charge in [-0.2, -0.15) is 0 Å². The molecule has 1 amide bonds. The van der Waals surface area contributed by atoms with E-state index in [2.05, 4.69) is 39.2 Å². The maximum absolute atomic E-state index is 12.7. The largest absolute Gasteiger partial charge is 0.488 e.